The molecule has 2 rings (SSSR count). The van der Waals surface area contributed by atoms with Gasteiger partial charge < -0.3 is 15.2 Å². The fourth-order valence-electron chi connectivity index (χ4n) is 2.22. The van der Waals surface area contributed by atoms with E-state index in [4.69, 9.17) is 4.98 Å². The van der Waals surface area contributed by atoms with E-state index in [2.05, 4.69) is 61.0 Å². The fraction of sp³-hybridized carbons (Fsp3) is 0.556. The lowest BCUT2D eigenvalue weighted by Gasteiger charge is -2.14. The SMILES string of the molecule is CCNC(=NCc1ccn(C)c1)NCCc1nc(C(C)(C)C)cs1. The molecule has 0 bridgehead atoms. The number of aliphatic imine (C=N–C) groups is 1. The van der Waals surface area contributed by atoms with E-state index < -0.39 is 0 Å². The maximum absolute atomic E-state index is 4.74. The molecule has 0 saturated carbocycles. The van der Waals surface area contributed by atoms with Crippen LogP contribution in [0, 0.1) is 0 Å². The minimum atomic E-state index is 0.119. The van der Waals surface area contributed by atoms with Crippen LogP contribution >= 0.6 is 11.3 Å². The van der Waals surface area contributed by atoms with Crippen molar-refractivity contribution in [2.24, 2.45) is 12.0 Å². The molecule has 2 aromatic rings. The molecule has 0 fully saturated rings. The van der Waals surface area contributed by atoms with Crippen molar-refractivity contribution in [3.8, 4) is 0 Å². The first-order valence-corrected chi connectivity index (χ1v) is 9.34. The number of thiazole rings is 1. The van der Waals surface area contributed by atoms with E-state index in [9.17, 15) is 0 Å². The number of aryl methyl sites for hydroxylation is 1. The normalized spacial score (nSPS) is 12.5. The van der Waals surface area contributed by atoms with Crippen molar-refractivity contribution < 1.29 is 0 Å². The van der Waals surface area contributed by atoms with Gasteiger partial charge in [-0.1, -0.05) is 20.8 Å². The van der Waals surface area contributed by atoms with Gasteiger partial charge in [0, 0.05) is 49.7 Å². The first-order chi connectivity index (χ1) is 11.4. The summed E-state index contributed by atoms with van der Waals surface area (Å²) in [5.74, 6) is 0.856. The molecule has 0 aromatic carbocycles. The highest BCUT2D eigenvalue weighted by molar-refractivity contribution is 7.09. The second kappa shape index (κ2) is 8.33. The summed E-state index contributed by atoms with van der Waals surface area (Å²) >= 11 is 1.74. The first-order valence-electron chi connectivity index (χ1n) is 8.46. The lowest BCUT2D eigenvalue weighted by Crippen LogP contribution is -2.38. The second-order valence-electron chi connectivity index (χ2n) is 6.93. The third kappa shape index (κ3) is 5.67. The molecule has 5 nitrogen and oxygen atoms in total. The molecule has 2 aromatic heterocycles. The van der Waals surface area contributed by atoms with E-state index in [1.165, 1.54) is 16.3 Å². The predicted octanol–water partition coefficient (Wildman–Crippen LogP) is 3.08. The van der Waals surface area contributed by atoms with Crippen molar-refractivity contribution in [1.82, 2.24) is 20.2 Å². The number of hydrogen-bond donors (Lipinski definition) is 2. The van der Waals surface area contributed by atoms with Crippen LogP contribution in [0.5, 0.6) is 0 Å². The Hall–Kier alpha value is -1.82. The largest absolute Gasteiger partial charge is 0.357 e. The van der Waals surface area contributed by atoms with E-state index in [-0.39, 0.29) is 5.41 Å². The van der Waals surface area contributed by atoms with E-state index in [1.54, 1.807) is 11.3 Å². The molecule has 0 atom stereocenters. The number of rotatable bonds is 6. The zero-order valence-electron chi connectivity index (χ0n) is 15.4. The molecule has 0 aliphatic heterocycles. The quantitative estimate of drug-likeness (QED) is 0.624. The van der Waals surface area contributed by atoms with Gasteiger partial charge in [0.2, 0.25) is 0 Å². The zero-order valence-corrected chi connectivity index (χ0v) is 16.2. The van der Waals surface area contributed by atoms with E-state index in [0.717, 1.165) is 25.5 Å². The van der Waals surface area contributed by atoms with Crippen molar-refractivity contribution >= 4 is 17.3 Å². The average molecular weight is 348 g/mol. The van der Waals surface area contributed by atoms with Crippen LogP contribution in [0.25, 0.3) is 0 Å². The minimum Gasteiger partial charge on any atom is -0.357 e. The highest BCUT2D eigenvalue weighted by Crippen LogP contribution is 2.23. The summed E-state index contributed by atoms with van der Waals surface area (Å²) in [6.07, 6.45) is 5.05. The van der Waals surface area contributed by atoms with Gasteiger partial charge in [-0.15, -0.1) is 11.3 Å². The van der Waals surface area contributed by atoms with Crippen molar-refractivity contribution in [3.05, 3.63) is 40.1 Å². The Bertz CT molecular complexity index is 663. The summed E-state index contributed by atoms with van der Waals surface area (Å²) in [6, 6.07) is 2.09. The number of guanidine groups is 1. The van der Waals surface area contributed by atoms with Crippen molar-refractivity contribution in [1.29, 1.82) is 0 Å². The first kappa shape index (κ1) is 18.5. The topological polar surface area (TPSA) is 54.2 Å². The molecule has 24 heavy (non-hydrogen) atoms. The highest BCUT2D eigenvalue weighted by atomic mass is 32.1. The average Bonchev–Trinajstić information content (AvgIpc) is 3.13. The maximum Gasteiger partial charge on any atom is 0.191 e. The Morgan fingerprint density at radius 1 is 1.33 bits per heavy atom. The third-order valence-corrected chi connectivity index (χ3v) is 4.52. The summed E-state index contributed by atoms with van der Waals surface area (Å²) in [7, 11) is 2.02. The summed E-state index contributed by atoms with van der Waals surface area (Å²) < 4.78 is 2.04. The number of aromatic nitrogens is 2. The van der Waals surface area contributed by atoms with Gasteiger partial charge in [-0.2, -0.15) is 0 Å². The van der Waals surface area contributed by atoms with Gasteiger partial charge >= 0.3 is 0 Å². The van der Waals surface area contributed by atoms with Crippen molar-refractivity contribution in [2.75, 3.05) is 13.1 Å². The monoisotopic (exact) mass is 347 g/mol. The predicted molar refractivity (Wildman–Crippen MR) is 103 cm³/mol. The molecule has 0 aliphatic carbocycles. The van der Waals surface area contributed by atoms with Gasteiger partial charge in [0.05, 0.1) is 17.2 Å². The van der Waals surface area contributed by atoms with Crippen LogP contribution in [0.15, 0.2) is 28.8 Å². The Labute approximate surface area is 149 Å². The van der Waals surface area contributed by atoms with Gasteiger partial charge in [-0.3, -0.25) is 0 Å². The standard InChI is InChI=1S/C18H29N5S/c1-6-19-17(21-11-14-8-10-23(5)12-14)20-9-7-16-22-15(13-24-16)18(2,3)4/h8,10,12-13H,6-7,9,11H2,1-5H3,(H2,19,20,21). The number of nitrogens with zero attached hydrogens (tertiary/aromatic N) is 3. The molecule has 0 radical (unpaired) electrons. The van der Waals surface area contributed by atoms with Crippen molar-refractivity contribution in [3.63, 3.8) is 0 Å². The molecule has 0 unspecified atom stereocenters. The van der Waals surface area contributed by atoms with Crippen LogP contribution in [0.3, 0.4) is 0 Å². The molecular weight excluding hydrogens is 318 g/mol. The molecule has 0 amide bonds. The molecule has 2 heterocycles. The minimum absolute atomic E-state index is 0.119. The van der Waals surface area contributed by atoms with Gasteiger partial charge in [0.15, 0.2) is 5.96 Å². The summed E-state index contributed by atoms with van der Waals surface area (Å²) in [6.45, 7) is 11.0. The zero-order chi connectivity index (χ0) is 17.6. The Balaban J connectivity index is 1.85. The molecule has 6 heteroatoms. The van der Waals surface area contributed by atoms with E-state index in [0.29, 0.717) is 6.54 Å². The van der Waals surface area contributed by atoms with Crippen molar-refractivity contribution in [2.45, 2.75) is 46.1 Å². The number of nitrogens with one attached hydrogen (secondary N) is 2. The molecule has 0 spiro atoms. The summed E-state index contributed by atoms with van der Waals surface area (Å²) in [5.41, 5.74) is 2.51. The van der Waals surface area contributed by atoms with Crippen LogP contribution in [0.4, 0.5) is 0 Å². The maximum atomic E-state index is 4.74. The Morgan fingerprint density at radius 2 is 2.12 bits per heavy atom. The third-order valence-electron chi connectivity index (χ3n) is 3.61. The summed E-state index contributed by atoms with van der Waals surface area (Å²) in [5, 5.41) is 10.0. The van der Waals surface area contributed by atoms with Crippen LogP contribution in [-0.2, 0) is 25.4 Å². The fourth-order valence-corrected chi connectivity index (χ4v) is 3.25. The van der Waals surface area contributed by atoms with Crippen LogP contribution < -0.4 is 10.6 Å². The van der Waals surface area contributed by atoms with Gasteiger partial charge in [-0.25, -0.2) is 9.98 Å². The van der Waals surface area contributed by atoms with Gasteiger partial charge in [-0.05, 0) is 18.6 Å². The molecule has 2 N–H and O–H groups in total. The van der Waals surface area contributed by atoms with Gasteiger partial charge in [0.1, 0.15) is 0 Å². The second-order valence-corrected chi connectivity index (χ2v) is 7.88. The van der Waals surface area contributed by atoms with Crippen LogP contribution in [-0.4, -0.2) is 28.6 Å². The van der Waals surface area contributed by atoms with E-state index >= 15 is 0 Å². The van der Waals surface area contributed by atoms with E-state index in [1.807, 2.05) is 17.8 Å². The van der Waals surface area contributed by atoms with Gasteiger partial charge in [0.25, 0.3) is 0 Å². The lowest BCUT2D eigenvalue weighted by molar-refractivity contribution is 0.570. The Morgan fingerprint density at radius 3 is 2.71 bits per heavy atom. The number of hydrogen-bond acceptors (Lipinski definition) is 3. The molecular formula is C18H29N5S. The molecule has 0 aliphatic rings. The summed E-state index contributed by atoms with van der Waals surface area (Å²) in [4.78, 5) is 9.37. The molecule has 0 saturated heterocycles. The lowest BCUT2D eigenvalue weighted by atomic mass is 9.93. The van der Waals surface area contributed by atoms with Crippen LogP contribution in [0.1, 0.15) is 44.0 Å². The Kier molecular flexibility index (Phi) is 6.43. The highest BCUT2D eigenvalue weighted by Gasteiger charge is 2.17. The smallest absolute Gasteiger partial charge is 0.191 e. The molecule has 132 valence electrons. The van der Waals surface area contributed by atoms with Crippen LogP contribution in [0.2, 0.25) is 0 Å².